The maximum absolute atomic E-state index is 4.05. The molecule has 0 aromatic heterocycles. The maximum atomic E-state index is 4.05. The number of hydrogen-bond acceptors (Lipinski definition) is 2. The van der Waals surface area contributed by atoms with Crippen LogP contribution in [0.4, 0.5) is 0 Å². The highest BCUT2D eigenvalue weighted by Crippen LogP contribution is 2.18. The van der Waals surface area contributed by atoms with Gasteiger partial charge in [0.15, 0.2) is 0 Å². The van der Waals surface area contributed by atoms with Gasteiger partial charge in [-0.2, -0.15) is 4.41 Å². The predicted molar refractivity (Wildman–Crippen MR) is 49.1 cm³/mol. The van der Waals surface area contributed by atoms with Gasteiger partial charge in [0.1, 0.15) is 0 Å². The fourth-order valence-corrected chi connectivity index (χ4v) is 1.86. The Morgan fingerprint density at radius 1 is 1.40 bits per heavy atom. The molecule has 0 saturated heterocycles. The molecule has 1 aliphatic heterocycles. The summed E-state index contributed by atoms with van der Waals surface area (Å²) < 4.78 is 2.19. The molecule has 58 valence electrons. The first-order chi connectivity index (χ1) is 4.72. The van der Waals surface area contributed by atoms with E-state index in [1.54, 1.807) is 0 Å². The molecule has 10 heavy (non-hydrogen) atoms. The van der Waals surface area contributed by atoms with Crippen LogP contribution in [0, 0.1) is 0 Å². The predicted octanol–water partition coefficient (Wildman–Crippen LogP) is 0.951. The van der Waals surface area contributed by atoms with Gasteiger partial charge in [-0.3, -0.25) is 0 Å². The second-order valence-corrected chi connectivity index (χ2v) is 4.19. The molecule has 0 aromatic rings. The van der Waals surface area contributed by atoms with E-state index in [0.29, 0.717) is 0 Å². The minimum atomic E-state index is 0.140. The van der Waals surface area contributed by atoms with Gasteiger partial charge in [-0.25, -0.2) is 5.01 Å². The topological polar surface area (TPSA) is 6.48 Å². The standard InChI is InChI=1S/C7H14N2S/c1-8-6-4-5-7-10(3)9(8)2/h4-5H,3,6-7H2,1-2H3. The van der Waals surface area contributed by atoms with Crippen molar-refractivity contribution < 1.29 is 0 Å². The molecule has 0 aromatic carbocycles. The smallest absolute Gasteiger partial charge is 0.0319 e. The van der Waals surface area contributed by atoms with Gasteiger partial charge in [0.25, 0.3) is 0 Å². The molecule has 0 N–H and O–H groups in total. The molecule has 0 amide bonds. The van der Waals surface area contributed by atoms with E-state index in [9.17, 15) is 0 Å². The SMILES string of the molecule is C=S1CC=CCN(C)N1C. The molecule has 3 heteroatoms. The van der Waals surface area contributed by atoms with Crippen molar-refractivity contribution in [3.63, 3.8) is 0 Å². The summed E-state index contributed by atoms with van der Waals surface area (Å²) in [5.41, 5.74) is 0. The summed E-state index contributed by atoms with van der Waals surface area (Å²) in [5.74, 6) is 5.13. The second kappa shape index (κ2) is 3.32. The molecule has 0 radical (unpaired) electrons. The lowest BCUT2D eigenvalue weighted by Gasteiger charge is -2.26. The zero-order valence-electron chi connectivity index (χ0n) is 6.58. The monoisotopic (exact) mass is 158 g/mol. The average Bonchev–Trinajstić information content (AvgIpc) is 2.04. The molecule has 1 atom stereocenters. The van der Waals surface area contributed by atoms with Crippen molar-refractivity contribution in [1.82, 2.24) is 9.42 Å². The lowest BCUT2D eigenvalue weighted by molar-refractivity contribution is 0.155. The van der Waals surface area contributed by atoms with Crippen LogP contribution in [0.5, 0.6) is 0 Å². The van der Waals surface area contributed by atoms with Crippen LogP contribution in [0.3, 0.4) is 0 Å². The molecule has 0 spiro atoms. The van der Waals surface area contributed by atoms with Gasteiger partial charge >= 0.3 is 0 Å². The van der Waals surface area contributed by atoms with Crippen LogP contribution in [0.2, 0.25) is 0 Å². The van der Waals surface area contributed by atoms with Crippen LogP contribution in [-0.2, 0) is 0 Å². The van der Waals surface area contributed by atoms with E-state index in [4.69, 9.17) is 0 Å². The average molecular weight is 158 g/mol. The fourth-order valence-electron chi connectivity index (χ4n) is 0.826. The molecule has 0 fully saturated rings. The highest BCUT2D eigenvalue weighted by molar-refractivity contribution is 8.12. The largest absolute Gasteiger partial charge is 0.232 e. The molecule has 1 heterocycles. The van der Waals surface area contributed by atoms with Crippen LogP contribution < -0.4 is 0 Å². The molecule has 0 saturated carbocycles. The summed E-state index contributed by atoms with van der Waals surface area (Å²) in [4.78, 5) is 0. The lowest BCUT2D eigenvalue weighted by atomic mass is 10.5. The van der Waals surface area contributed by atoms with Crippen LogP contribution in [0.1, 0.15) is 0 Å². The Morgan fingerprint density at radius 3 is 2.80 bits per heavy atom. The summed E-state index contributed by atoms with van der Waals surface area (Å²) >= 11 is 0. The van der Waals surface area contributed by atoms with Gasteiger partial charge in [0, 0.05) is 26.4 Å². The van der Waals surface area contributed by atoms with E-state index >= 15 is 0 Å². The van der Waals surface area contributed by atoms with E-state index in [1.807, 2.05) is 0 Å². The first kappa shape index (κ1) is 7.98. The molecule has 1 unspecified atom stereocenters. The number of hydrazine groups is 1. The highest BCUT2D eigenvalue weighted by Gasteiger charge is 2.07. The minimum Gasteiger partial charge on any atom is -0.232 e. The summed E-state index contributed by atoms with van der Waals surface area (Å²) in [7, 11) is 4.31. The van der Waals surface area contributed by atoms with Crippen molar-refractivity contribution in [3.8, 4) is 0 Å². The van der Waals surface area contributed by atoms with Gasteiger partial charge in [0.05, 0.1) is 0 Å². The van der Waals surface area contributed by atoms with Crippen molar-refractivity contribution in [2.75, 3.05) is 26.4 Å². The van der Waals surface area contributed by atoms with Crippen LogP contribution >= 0.6 is 10.7 Å². The van der Waals surface area contributed by atoms with Gasteiger partial charge in [-0.15, -0.1) is 10.7 Å². The van der Waals surface area contributed by atoms with E-state index < -0.39 is 0 Å². The number of likely N-dealkylation sites (N-methyl/N-ethyl adjacent to an activating group) is 1. The molecule has 0 bridgehead atoms. The van der Waals surface area contributed by atoms with E-state index in [0.717, 1.165) is 12.3 Å². The third kappa shape index (κ3) is 1.68. The summed E-state index contributed by atoms with van der Waals surface area (Å²) in [6.07, 6.45) is 4.39. The Morgan fingerprint density at radius 2 is 2.10 bits per heavy atom. The Kier molecular flexibility index (Phi) is 2.65. The quantitative estimate of drug-likeness (QED) is 0.382. The van der Waals surface area contributed by atoms with Crippen molar-refractivity contribution in [3.05, 3.63) is 12.2 Å². The number of nitrogens with zero attached hydrogens (tertiary/aromatic N) is 2. The van der Waals surface area contributed by atoms with Crippen LogP contribution in [0.15, 0.2) is 12.2 Å². The van der Waals surface area contributed by atoms with Crippen molar-refractivity contribution in [1.29, 1.82) is 0 Å². The Labute approximate surface area is 65.2 Å². The molecule has 1 aliphatic rings. The summed E-state index contributed by atoms with van der Waals surface area (Å²) in [6.45, 7) is 1.01. The first-order valence-electron chi connectivity index (χ1n) is 3.32. The van der Waals surface area contributed by atoms with E-state index in [-0.39, 0.29) is 10.7 Å². The first-order valence-corrected chi connectivity index (χ1v) is 4.84. The zero-order chi connectivity index (χ0) is 7.56. The summed E-state index contributed by atoms with van der Waals surface area (Å²) in [5, 5.41) is 2.18. The second-order valence-electron chi connectivity index (χ2n) is 2.40. The van der Waals surface area contributed by atoms with Crippen molar-refractivity contribution in [2.24, 2.45) is 0 Å². The molecule has 2 nitrogen and oxygen atoms in total. The molecule has 0 aliphatic carbocycles. The normalized spacial score (nSPS) is 30.4. The minimum absolute atomic E-state index is 0.140. The summed E-state index contributed by atoms with van der Waals surface area (Å²) in [6, 6.07) is 0. The van der Waals surface area contributed by atoms with E-state index in [1.165, 1.54) is 0 Å². The zero-order valence-corrected chi connectivity index (χ0v) is 7.40. The van der Waals surface area contributed by atoms with Crippen LogP contribution in [0.25, 0.3) is 0 Å². The van der Waals surface area contributed by atoms with Gasteiger partial charge in [-0.05, 0) is 0 Å². The van der Waals surface area contributed by atoms with Crippen molar-refractivity contribution in [2.45, 2.75) is 0 Å². The van der Waals surface area contributed by atoms with E-state index in [2.05, 4.69) is 41.5 Å². The lowest BCUT2D eigenvalue weighted by Crippen LogP contribution is -2.31. The van der Waals surface area contributed by atoms with Gasteiger partial charge in [-0.1, -0.05) is 18.0 Å². The molecular formula is C7H14N2S. The Bertz CT molecular complexity index is 165. The third-order valence-electron chi connectivity index (χ3n) is 1.68. The van der Waals surface area contributed by atoms with Crippen LogP contribution in [-0.4, -0.2) is 41.7 Å². The Hall–Kier alpha value is -0.120. The van der Waals surface area contributed by atoms with Gasteiger partial charge < -0.3 is 0 Å². The fraction of sp³-hybridized carbons (Fsp3) is 0.571. The maximum Gasteiger partial charge on any atom is 0.0319 e. The van der Waals surface area contributed by atoms with Gasteiger partial charge in [0.2, 0.25) is 0 Å². The number of rotatable bonds is 0. The number of hydrogen-bond donors (Lipinski definition) is 0. The van der Waals surface area contributed by atoms with Crippen molar-refractivity contribution >= 4 is 16.5 Å². The molecular weight excluding hydrogens is 144 g/mol. The third-order valence-corrected chi connectivity index (χ3v) is 3.28. The Balaban J connectivity index is 2.65. The molecule has 1 rings (SSSR count). The highest BCUT2D eigenvalue weighted by atomic mass is 32.2.